The van der Waals surface area contributed by atoms with Gasteiger partial charge < -0.3 is 4.90 Å². The number of nitrogens with zero attached hydrogens (tertiary/aromatic N) is 7. The number of anilines is 1. The van der Waals surface area contributed by atoms with E-state index in [9.17, 15) is 18.5 Å². The number of aromatic nitrogens is 2. The van der Waals surface area contributed by atoms with Crippen LogP contribution in [0.15, 0.2) is 52.7 Å². The third-order valence-corrected chi connectivity index (χ3v) is 5.97. The van der Waals surface area contributed by atoms with E-state index in [1.807, 2.05) is 6.07 Å². The van der Waals surface area contributed by atoms with Crippen LogP contribution in [0.2, 0.25) is 0 Å². The number of hydrogen-bond acceptors (Lipinski definition) is 8. The molecule has 154 valence electrons. The van der Waals surface area contributed by atoms with Crippen molar-refractivity contribution in [1.82, 2.24) is 14.0 Å². The van der Waals surface area contributed by atoms with E-state index in [2.05, 4.69) is 10.2 Å². The fourth-order valence-electron chi connectivity index (χ4n) is 2.71. The molecular weight excluding hydrogens is 410 g/mol. The molecule has 0 N–H and O–H groups in total. The van der Waals surface area contributed by atoms with Gasteiger partial charge in [-0.15, -0.1) is 0 Å². The largest absolute Gasteiger partial charge is 0.377 e. The standard InChI is InChI=1S/C18H17N7O4S/c1-22(2)16-5-4-15(25(26)27)9-18(16)30(28,29)23(3)20-11-14-12-21-24-7-6-13(10-19)8-17(14)24/h4-9,11-12H,1-3H3/b20-11-. The third kappa shape index (κ3) is 3.78. The Labute approximate surface area is 172 Å². The highest BCUT2D eigenvalue weighted by atomic mass is 32.2. The molecule has 3 rings (SSSR count). The highest BCUT2D eigenvalue weighted by molar-refractivity contribution is 7.89. The fraction of sp³-hybridized carbons (Fsp3) is 0.167. The first-order valence-electron chi connectivity index (χ1n) is 8.51. The van der Waals surface area contributed by atoms with Crippen LogP contribution in [-0.2, 0) is 10.0 Å². The number of hydrazone groups is 1. The minimum Gasteiger partial charge on any atom is -0.377 e. The summed E-state index contributed by atoms with van der Waals surface area (Å²) in [5, 5.41) is 28.3. The topological polar surface area (TPSA) is 137 Å². The van der Waals surface area contributed by atoms with Gasteiger partial charge >= 0.3 is 0 Å². The first kappa shape index (κ1) is 20.7. The van der Waals surface area contributed by atoms with Gasteiger partial charge in [-0.05, 0) is 18.2 Å². The number of hydrogen-bond donors (Lipinski definition) is 0. The van der Waals surface area contributed by atoms with Crippen LogP contribution in [0.4, 0.5) is 11.4 Å². The lowest BCUT2D eigenvalue weighted by Gasteiger charge is -2.20. The van der Waals surface area contributed by atoms with Crippen molar-refractivity contribution in [3.05, 3.63) is 64.0 Å². The number of nitro groups is 1. The van der Waals surface area contributed by atoms with Crippen molar-refractivity contribution in [2.75, 3.05) is 26.0 Å². The lowest BCUT2D eigenvalue weighted by atomic mass is 10.2. The van der Waals surface area contributed by atoms with E-state index in [0.29, 0.717) is 16.6 Å². The zero-order valence-corrected chi connectivity index (χ0v) is 17.1. The molecule has 0 spiro atoms. The first-order chi connectivity index (χ1) is 14.1. The predicted octanol–water partition coefficient (Wildman–Crippen LogP) is 1.83. The van der Waals surface area contributed by atoms with E-state index in [0.717, 1.165) is 10.5 Å². The monoisotopic (exact) mass is 427 g/mol. The smallest absolute Gasteiger partial charge is 0.281 e. The lowest BCUT2D eigenvalue weighted by Crippen LogP contribution is -2.24. The Morgan fingerprint density at radius 1 is 1.27 bits per heavy atom. The van der Waals surface area contributed by atoms with Crippen LogP contribution in [0.3, 0.4) is 0 Å². The highest BCUT2D eigenvalue weighted by Gasteiger charge is 2.27. The van der Waals surface area contributed by atoms with Crippen molar-refractivity contribution in [1.29, 1.82) is 5.26 Å². The number of fused-ring (bicyclic) bond motifs is 1. The summed E-state index contributed by atoms with van der Waals surface area (Å²) in [5.41, 5.74) is 1.44. The second kappa shape index (κ2) is 7.80. The molecule has 3 aromatic rings. The first-order valence-corrected chi connectivity index (χ1v) is 9.95. The van der Waals surface area contributed by atoms with Gasteiger partial charge in [0, 0.05) is 45.0 Å². The molecule has 11 nitrogen and oxygen atoms in total. The molecule has 0 amide bonds. The average molecular weight is 427 g/mol. The summed E-state index contributed by atoms with van der Waals surface area (Å²) in [4.78, 5) is 11.8. The van der Waals surface area contributed by atoms with E-state index in [1.165, 1.54) is 36.1 Å². The molecule has 0 aliphatic carbocycles. The highest BCUT2D eigenvalue weighted by Crippen LogP contribution is 2.30. The Morgan fingerprint density at radius 3 is 2.63 bits per heavy atom. The van der Waals surface area contributed by atoms with Crippen molar-refractivity contribution in [2.24, 2.45) is 5.10 Å². The minimum absolute atomic E-state index is 0.243. The molecule has 0 bridgehead atoms. The van der Waals surface area contributed by atoms with E-state index in [-0.39, 0.29) is 16.3 Å². The number of non-ortho nitro benzene ring substituents is 1. The Kier molecular flexibility index (Phi) is 5.39. The summed E-state index contributed by atoms with van der Waals surface area (Å²) in [6, 6.07) is 8.85. The summed E-state index contributed by atoms with van der Waals surface area (Å²) in [6.45, 7) is 0. The molecule has 0 fully saturated rings. The van der Waals surface area contributed by atoms with Crippen LogP contribution in [0.25, 0.3) is 5.52 Å². The van der Waals surface area contributed by atoms with Crippen LogP contribution < -0.4 is 4.90 Å². The number of benzene rings is 1. The molecule has 30 heavy (non-hydrogen) atoms. The molecule has 2 aromatic heterocycles. The number of rotatable bonds is 6. The van der Waals surface area contributed by atoms with Gasteiger partial charge in [0.05, 0.1) is 40.2 Å². The Morgan fingerprint density at radius 2 is 2.00 bits per heavy atom. The van der Waals surface area contributed by atoms with Crippen molar-refractivity contribution in [2.45, 2.75) is 4.90 Å². The van der Waals surface area contributed by atoms with Crippen LogP contribution in [-0.4, -0.2) is 54.7 Å². The zero-order valence-electron chi connectivity index (χ0n) is 16.3. The summed E-state index contributed by atoms with van der Waals surface area (Å²) >= 11 is 0. The SMILES string of the molecule is CN(C)c1ccc([N+](=O)[O-])cc1S(=O)(=O)N(C)/N=C\c1cnn2ccc(C#N)cc12. The number of sulfonamides is 1. The van der Waals surface area contributed by atoms with Crippen molar-refractivity contribution in [3.8, 4) is 6.07 Å². The van der Waals surface area contributed by atoms with E-state index in [1.54, 1.807) is 37.3 Å². The average Bonchev–Trinajstić information content (AvgIpc) is 3.13. The Bertz CT molecular complexity index is 1310. The quantitative estimate of drug-likeness (QED) is 0.332. The van der Waals surface area contributed by atoms with E-state index >= 15 is 0 Å². The second-order valence-corrected chi connectivity index (χ2v) is 8.36. The van der Waals surface area contributed by atoms with Gasteiger partial charge in [-0.3, -0.25) is 10.1 Å². The maximum atomic E-state index is 13.1. The summed E-state index contributed by atoms with van der Waals surface area (Å²) in [7, 11) is 0.321. The fourth-order valence-corrected chi connectivity index (χ4v) is 3.95. The van der Waals surface area contributed by atoms with Gasteiger partial charge in [-0.2, -0.15) is 28.3 Å². The molecule has 0 saturated heterocycles. The van der Waals surface area contributed by atoms with E-state index < -0.39 is 14.9 Å². The molecule has 12 heteroatoms. The van der Waals surface area contributed by atoms with Crippen LogP contribution >= 0.6 is 0 Å². The van der Waals surface area contributed by atoms with Gasteiger partial charge in [-0.1, -0.05) is 0 Å². The molecule has 1 aromatic carbocycles. The van der Waals surface area contributed by atoms with Gasteiger partial charge in [0.2, 0.25) is 0 Å². The Hall–Kier alpha value is -3.98. The summed E-state index contributed by atoms with van der Waals surface area (Å²) in [6.07, 6.45) is 4.39. The van der Waals surface area contributed by atoms with Gasteiger partial charge in [0.25, 0.3) is 15.7 Å². The van der Waals surface area contributed by atoms with Crippen molar-refractivity contribution in [3.63, 3.8) is 0 Å². The van der Waals surface area contributed by atoms with Gasteiger partial charge in [-0.25, -0.2) is 4.52 Å². The third-order valence-electron chi connectivity index (χ3n) is 4.30. The van der Waals surface area contributed by atoms with Crippen LogP contribution in [0.1, 0.15) is 11.1 Å². The lowest BCUT2D eigenvalue weighted by molar-refractivity contribution is -0.385. The molecule has 2 heterocycles. The molecule has 0 aliphatic heterocycles. The molecule has 0 radical (unpaired) electrons. The number of pyridine rings is 1. The summed E-state index contributed by atoms with van der Waals surface area (Å²) in [5.74, 6) is 0. The molecule has 0 atom stereocenters. The maximum Gasteiger partial charge on any atom is 0.281 e. The Balaban J connectivity index is 2.01. The summed E-state index contributed by atoms with van der Waals surface area (Å²) < 4.78 is 28.4. The molecule has 0 saturated carbocycles. The molecular formula is C18H17N7O4S. The predicted molar refractivity (Wildman–Crippen MR) is 110 cm³/mol. The zero-order chi connectivity index (χ0) is 22.1. The van der Waals surface area contributed by atoms with Gasteiger partial charge in [0.15, 0.2) is 0 Å². The second-order valence-electron chi connectivity index (χ2n) is 6.44. The van der Waals surface area contributed by atoms with Gasteiger partial charge in [0.1, 0.15) is 4.90 Å². The maximum absolute atomic E-state index is 13.1. The molecule has 0 aliphatic rings. The van der Waals surface area contributed by atoms with Crippen molar-refractivity contribution >= 4 is 33.1 Å². The van der Waals surface area contributed by atoms with E-state index in [4.69, 9.17) is 5.26 Å². The normalized spacial score (nSPS) is 11.5. The number of nitriles is 1. The molecule has 0 unspecified atom stereocenters. The van der Waals surface area contributed by atoms with Crippen LogP contribution in [0, 0.1) is 21.4 Å². The minimum atomic E-state index is -4.18. The van der Waals surface area contributed by atoms with Crippen LogP contribution in [0.5, 0.6) is 0 Å². The van der Waals surface area contributed by atoms with Crippen molar-refractivity contribution < 1.29 is 13.3 Å². The number of nitro benzene ring substituents is 1.